The third kappa shape index (κ3) is 6.65. The Kier molecular flexibility index (Phi) is 8.97. The van der Waals surface area contributed by atoms with Gasteiger partial charge in [0, 0.05) is 12.3 Å². The number of nitrogens with zero attached hydrogens (tertiary/aromatic N) is 1. The Morgan fingerprint density at radius 1 is 1.23 bits per heavy atom. The first-order chi connectivity index (χ1) is 14.3. The number of amides is 3. The van der Waals surface area contributed by atoms with E-state index >= 15 is 0 Å². The number of carboxylic acid groups (broad SMARTS) is 1. The van der Waals surface area contributed by atoms with Gasteiger partial charge in [-0.25, -0.2) is 9.59 Å². The van der Waals surface area contributed by atoms with Crippen LogP contribution < -0.4 is 10.6 Å². The van der Waals surface area contributed by atoms with E-state index in [9.17, 15) is 19.2 Å². The number of hydrogen-bond acceptors (Lipinski definition) is 6. The van der Waals surface area contributed by atoms with Gasteiger partial charge >= 0.3 is 12.1 Å². The quantitative estimate of drug-likeness (QED) is 0.530. The van der Waals surface area contributed by atoms with E-state index in [1.54, 1.807) is 6.26 Å². The van der Waals surface area contributed by atoms with E-state index in [1.807, 2.05) is 30.3 Å². The summed E-state index contributed by atoms with van der Waals surface area (Å²) in [4.78, 5) is 49.9. The fourth-order valence-corrected chi connectivity index (χ4v) is 3.63. The fourth-order valence-electron chi connectivity index (χ4n) is 3.07. The van der Waals surface area contributed by atoms with Crippen molar-refractivity contribution in [3.63, 3.8) is 0 Å². The zero-order valence-electron chi connectivity index (χ0n) is 17.0. The molecule has 1 aliphatic rings. The molecule has 3 amide bonds. The number of nitrogens with one attached hydrogen (secondary N) is 2. The predicted molar refractivity (Wildman–Crippen MR) is 112 cm³/mol. The van der Waals surface area contributed by atoms with Crippen molar-refractivity contribution in [3.8, 4) is 0 Å². The smallest absolute Gasteiger partial charge is 0.410 e. The van der Waals surface area contributed by atoms with Crippen LogP contribution in [0.3, 0.4) is 0 Å². The summed E-state index contributed by atoms with van der Waals surface area (Å²) in [7, 11) is 0. The first-order valence-corrected chi connectivity index (χ1v) is 11.0. The Balaban J connectivity index is 1.88. The fraction of sp³-hybridized carbons (Fsp3) is 0.500. The Morgan fingerprint density at radius 3 is 2.57 bits per heavy atom. The molecule has 1 aliphatic heterocycles. The van der Waals surface area contributed by atoms with E-state index in [-0.39, 0.29) is 12.4 Å². The minimum absolute atomic E-state index is 0.106. The van der Waals surface area contributed by atoms with Crippen molar-refractivity contribution < 1.29 is 29.0 Å². The second kappa shape index (κ2) is 11.4. The van der Waals surface area contributed by atoms with E-state index in [4.69, 9.17) is 9.84 Å². The molecule has 1 aromatic carbocycles. The van der Waals surface area contributed by atoms with Crippen molar-refractivity contribution in [2.75, 3.05) is 18.6 Å². The molecule has 0 aromatic heterocycles. The lowest BCUT2D eigenvalue weighted by Crippen LogP contribution is -2.54. The van der Waals surface area contributed by atoms with Gasteiger partial charge in [0.2, 0.25) is 11.8 Å². The van der Waals surface area contributed by atoms with Gasteiger partial charge in [0.15, 0.2) is 0 Å². The minimum atomic E-state index is -1.14. The number of thioether (sulfide) groups is 1. The van der Waals surface area contributed by atoms with Gasteiger partial charge in [0.1, 0.15) is 24.7 Å². The molecule has 9 nitrogen and oxygen atoms in total. The molecular weight excluding hydrogens is 410 g/mol. The summed E-state index contributed by atoms with van der Waals surface area (Å²) in [5, 5.41) is 14.1. The molecule has 10 heteroatoms. The van der Waals surface area contributed by atoms with Crippen LogP contribution >= 0.6 is 11.8 Å². The average molecular weight is 438 g/mol. The van der Waals surface area contributed by atoms with Crippen molar-refractivity contribution >= 4 is 35.6 Å². The number of ether oxygens (including phenoxy) is 1. The third-order valence-corrected chi connectivity index (χ3v) is 5.36. The number of aliphatic carboxylic acids is 1. The number of carbonyl (C=O) groups is 4. The number of hydrogen-bond donors (Lipinski definition) is 3. The van der Waals surface area contributed by atoms with Crippen LogP contribution in [-0.4, -0.2) is 70.6 Å². The highest BCUT2D eigenvalue weighted by atomic mass is 32.2. The molecule has 30 heavy (non-hydrogen) atoms. The maximum atomic E-state index is 12.6. The molecular formula is C20H27N3O6S. The monoisotopic (exact) mass is 437 g/mol. The van der Waals surface area contributed by atoms with Gasteiger partial charge in [-0.1, -0.05) is 30.3 Å². The molecule has 0 radical (unpaired) electrons. The first-order valence-electron chi connectivity index (χ1n) is 9.63. The summed E-state index contributed by atoms with van der Waals surface area (Å²) in [6.07, 6.45) is 2.26. The topological polar surface area (TPSA) is 125 Å². The SMILES string of the molecule is CSC[C@H](NC(=O)[C@@H](C)NC(=O)[C@H]1CCCN1C(=O)OCc1ccccc1)C(=O)O. The van der Waals surface area contributed by atoms with Crippen molar-refractivity contribution in [1.82, 2.24) is 15.5 Å². The highest BCUT2D eigenvalue weighted by Gasteiger charge is 2.36. The molecule has 0 unspecified atom stereocenters. The maximum absolute atomic E-state index is 12.6. The first kappa shape index (κ1) is 23.5. The zero-order valence-corrected chi connectivity index (χ0v) is 17.8. The van der Waals surface area contributed by atoms with Gasteiger partial charge < -0.3 is 20.5 Å². The van der Waals surface area contributed by atoms with Crippen molar-refractivity contribution in [1.29, 1.82) is 0 Å². The van der Waals surface area contributed by atoms with Crippen molar-refractivity contribution in [2.24, 2.45) is 0 Å². The lowest BCUT2D eigenvalue weighted by Gasteiger charge is -2.25. The Morgan fingerprint density at radius 2 is 1.93 bits per heavy atom. The van der Waals surface area contributed by atoms with Crippen LogP contribution in [0.5, 0.6) is 0 Å². The third-order valence-electron chi connectivity index (χ3n) is 4.70. The second-order valence-electron chi connectivity index (χ2n) is 6.98. The normalized spacial score (nSPS) is 17.7. The molecule has 1 heterocycles. The number of likely N-dealkylation sites (tertiary alicyclic amines) is 1. The number of carbonyl (C=O) groups excluding carboxylic acids is 3. The van der Waals surface area contributed by atoms with Crippen molar-refractivity contribution in [2.45, 2.75) is 44.5 Å². The van der Waals surface area contributed by atoms with Crippen LogP contribution in [0.2, 0.25) is 0 Å². The number of benzene rings is 1. The lowest BCUT2D eigenvalue weighted by molar-refractivity contribution is -0.141. The van der Waals surface area contributed by atoms with E-state index in [0.717, 1.165) is 5.56 Å². The maximum Gasteiger partial charge on any atom is 0.410 e. The molecule has 3 atom stereocenters. The Labute approximate surface area is 179 Å². The molecule has 3 N–H and O–H groups in total. The largest absolute Gasteiger partial charge is 0.480 e. The van der Waals surface area contributed by atoms with E-state index < -0.39 is 42.0 Å². The highest BCUT2D eigenvalue weighted by molar-refractivity contribution is 7.98. The van der Waals surface area contributed by atoms with Crippen LogP contribution in [0.25, 0.3) is 0 Å². The number of rotatable bonds is 9. The summed E-state index contributed by atoms with van der Waals surface area (Å²) < 4.78 is 5.31. The van der Waals surface area contributed by atoms with Gasteiger partial charge in [-0.05, 0) is 31.6 Å². The predicted octanol–water partition coefficient (Wildman–Crippen LogP) is 1.22. The standard InChI is InChI=1S/C20H27N3O6S/c1-13(17(24)22-15(12-30-2)19(26)27)21-18(25)16-9-6-10-23(16)20(28)29-11-14-7-4-3-5-8-14/h3-5,7-8,13,15-16H,6,9-12H2,1-2H3,(H,21,25)(H,22,24)(H,26,27)/t13-,15+,16-/m1/s1. The summed E-state index contributed by atoms with van der Waals surface area (Å²) in [5.41, 5.74) is 0.842. The van der Waals surface area contributed by atoms with Crippen LogP contribution in [0, 0.1) is 0 Å². The Bertz CT molecular complexity index is 760. The van der Waals surface area contributed by atoms with E-state index in [2.05, 4.69) is 10.6 Å². The van der Waals surface area contributed by atoms with Crippen molar-refractivity contribution in [3.05, 3.63) is 35.9 Å². The minimum Gasteiger partial charge on any atom is -0.480 e. The second-order valence-corrected chi connectivity index (χ2v) is 7.89. The summed E-state index contributed by atoms with van der Waals surface area (Å²) in [6, 6.07) is 6.51. The summed E-state index contributed by atoms with van der Waals surface area (Å²) in [5.74, 6) is -1.99. The molecule has 2 rings (SSSR count). The van der Waals surface area contributed by atoms with Gasteiger partial charge in [0.25, 0.3) is 0 Å². The van der Waals surface area contributed by atoms with Gasteiger partial charge in [-0.3, -0.25) is 14.5 Å². The van der Waals surface area contributed by atoms with Crippen LogP contribution in [0.15, 0.2) is 30.3 Å². The van der Waals surface area contributed by atoms with E-state index in [1.165, 1.54) is 23.6 Å². The summed E-state index contributed by atoms with van der Waals surface area (Å²) in [6.45, 7) is 1.97. The van der Waals surface area contributed by atoms with Gasteiger partial charge in [-0.2, -0.15) is 11.8 Å². The van der Waals surface area contributed by atoms with E-state index in [0.29, 0.717) is 19.4 Å². The van der Waals surface area contributed by atoms with Crippen LogP contribution in [0.1, 0.15) is 25.3 Å². The zero-order chi connectivity index (χ0) is 22.1. The highest BCUT2D eigenvalue weighted by Crippen LogP contribution is 2.19. The van der Waals surface area contributed by atoms with Crippen LogP contribution in [-0.2, 0) is 25.7 Å². The molecule has 0 spiro atoms. The number of carboxylic acids is 1. The van der Waals surface area contributed by atoms with Gasteiger partial charge in [-0.15, -0.1) is 0 Å². The Hall–Kier alpha value is -2.75. The molecule has 0 saturated carbocycles. The summed E-state index contributed by atoms with van der Waals surface area (Å²) >= 11 is 1.29. The molecule has 1 fully saturated rings. The molecule has 0 aliphatic carbocycles. The molecule has 0 bridgehead atoms. The molecule has 164 valence electrons. The lowest BCUT2D eigenvalue weighted by atomic mass is 10.2. The van der Waals surface area contributed by atoms with Crippen LogP contribution in [0.4, 0.5) is 4.79 Å². The molecule has 1 saturated heterocycles. The average Bonchev–Trinajstić information content (AvgIpc) is 3.22. The van der Waals surface area contributed by atoms with Gasteiger partial charge in [0.05, 0.1) is 0 Å². The molecule has 1 aromatic rings.